The van der Waals surface area contributed by atoms with Gasteiger partial charge in [-0.1, -0.05) is 0 Å². The van der Waals surface area contributed by atoms with Crippen LogP contribution < -0.4 is 10.6 Å². The Balaban J connectivity index is 1.81. The monoisotopic (exact) mass is 259 g/mol. The summed E-state index contributed by atoms with van der Waals surface area (Å²) in [5.74, 6) is -0.0182. The maximum absolute atomic E-state index is 12.0. The molecule has 4 nitrogen and oxygen atoms in total. The Labute approximate surface area is 109 Å². The van der Waals surface area contributed by atoms with E-state index in [0.717, 1.165) is 34.6 Å². The van der Waals surface area contributed by atoms with Crippen LogP contribution in [0.5, 0.6) is 0 Å². The predicted molar refractivity (Wildman–Crippen MR) is 73.8 cm³/mol. The first kappa shape index (κ1) is 11.4. The highest BCUT2D eigenvalue weighted by molar-refractivity contribution is 7.16. The third kappa shape index (κ3) is 2.02. The molecule has 1 aliphatic heterocycles. The summed E-state index contributed by atoms with van der Waals surface area (Å²) in [5, 5.41) is 6.06. The second-order valence-corrected chi connectivity index (χ2v) is 5.21. The minimum atomic E-state index is -0.0182. The third-order valence-electron chi connectivity index (χ3n) is 3.14. The molecule has 0 unspecified atom stereocenters. The minimum Gasteiger partial charge on any atom is -0.322 e. The van der Waals surface area contributed by atoms with E-state index in [0.29, 0.717) is 0 Å². The summed E-state index contributed by atoms with van der Waals surface area (Å²) in [4.78, 5) is 16.2. The third-order valence-corrected chi connectivity index (χ3v) is 3.93. The molecule has 2 heterocycles. The Morgan fingerprint density at radius 3 is 3.00 bits per heavy atom. The fraction of sp³-hybridized carbons (Fsp3) is 0.231. The average Bonchev–Trinajstić information content (AvgIpc) is 2.73. The maximum Gasteiger partial charge on any atom is 0.251 e. The molecule has 92 valence electrons. The molecule has 1 saturated heterocycles. The second kappa shape index (κ2) is 4.51. The van der Waals surface area contributed by atoms with Crippen molar-refractivity contribution in [3.63, 3.8) is 0 Å². The number of amides is 1. The molecule has 1 aromatic heterocycles. The number of anilines is 1. The highest BCUT2D eigenvalue weighted by Crippen LogP contribution is 2.22. The molecule has 0 radical (unpaired) electrons. The molecule has 0 atom stereocenters. The summed E-state index contributed by atoms with van der Waals surface area (Å²) in [7, 11) is 0. The van der Waals surface area contributed by atoms with Gasteiger partial charge in [0.05, 0.1) is 15.7 Å². The van der Waals surface area contributed by atoms with Crippen molar-refractivity contribution in [3.8, 4) is 0 Å². The number of hydrogen-bond donors (Lipinski definition) is 2. The topological polar surface area (TPSA) is 54.0 Å². The molecular formula is C13H13N3OS. The number of nitrogens with one attached hydrogen (secondary N) is 2. The highest BCUT2D eigenvalue weighted by Gasteiger charge is 2.16. The van der Waals surface area contributed by atoms with E-state index in [1.165, 1.54) is 5.57 Å². The van der Waals surface area contributed by atoms with Crippen LogP contribution in [0, 0.1) is 0 Å². The van der Waals surface area contributed by atoms with E-state index in [1.54, 1.807) is 11.3 Å². The number of carbonyl (C=O) groups is 1. The van der Waals surface area contributed by atoms with Crippen LogP contribution in [0.1, 0.15) is 6.92 Å². The first-order valence-electron chi connectivity index (χ1n) is 5.78. The van der Waals surface area contributed by atoms with Crippen molar-refractivity contribution in [2.75, 3.05) is 18.4 Å². The zero-order chi connectivity index (χ0) is 12.5. The number of fused-ring (bicyclic) bond motifs is 1. The van der Waals surface area contributed by atoms with Crippen LogP contribution in [0.25, 0.3) is 10.2 Å². The zero-order valence-electron chi connectivity index (χ0n) is 9.99. The average molecular weight is 259 g/mol. The number of carbonyl (C=O) groups excluding carboxylic acids is 1. The number of hydrogen-bond acceptors (Lipinski definition) is 4. The van der Waals surface area contributed by atoms with E-state index in [4.69, 9.17) is 0 Å². The van der Waals surface area contributed by atoms with E-state index in [2.05, 4.69) is 15.6 Å². The first-order chi connectivity index (χ1) is 8.74. The van der Waals surface area contributed by atoms with Crippen LogP contribution in [0.2, 0.25) is 0 Å². The van der Waals surface area contributed by atoms with Crippen LogP contribution in [0.4, 0.5) is 5.69 Å². The summed E-state index contributed by atoms with van der Waals surface area (Å²) in [6.07, 6.45) is 0. The van der Waals surface area contributed by atoms with Gasteiger partial charge >= 0.3 is 0 Å². The molecule has 3 rings (SSSR count). The van der Waals surface area contributed by atoms with Gasteiger partial charge in [-0.2, -0.15) is 0 Å². The zero-order valence-corrected chi connectivity index (χ0v) is 10.8. The quantitative estimate of drug-likeness (QED) is 0.813. The molecule has 0 aliphatic carbocycles. The smallest absolute Gasteiger partial charge is 0.251 e. The largest absolute Gasteiger partial charge is 0.322 e. The number of nitrogens with zero attached hydrogens (tertiary/aromatic N) is 1. The van der Waals surface area contributed by atoms with Gasteiger partial charge in [0, 0.05) is 24.4 Å². The van der Waals surface area contributed by atoms with Gasteiger partial charge in [-0.3, -0.25) is 4.79 Å². The van der Waals surface area contributed by atoms with Crippen LogP contribution in [-0.4, -0.2) is 24.0 Å². The number of thiazole rings is 1. The van der Waals surface area contributed by atoms with Gasteiger partial charge in [-0.05, 0) is 30.7 Å². The molecule has 0 spiro atoms. The summed E-state index contributed by atoms with van der Waals surface area (Å²) in [6.45, 7) is 3.52. The van der Waals surface area contributed by atoms with E-state index < -0.39 is 0 Å². The molecule has 18 heavy (non-hydrogen) atoms. The summed E-state index contributed by atoms with van der Waals surface area (Å²) < 4.78 is 1.09. The van der Waals surface area contributed by atoms with Crippen molar-refractivity contribution >= 4 is 33.1 Å². The van der Waals surface area contributed by atoms with Crippen LogP contribution >= 0.6 is 11.3 Å². The number of rotatable bonds is 2. The Hall–Kier alpha value is -1.72. The minimum absolute atomic E-state index is 0.0182. The lowest BCUT2D eigenvalue weighted by molar-refractivity contribution is -0.112. The van der Waals surface area contributed by atoms with Gasteiger partial charge in [0.2, 0.25) is 0 Å². The summed E-state index contributed by atoms with van der Waals surface area (Å²) in [6, 6.07) is 5.77. The summed E-state index contributed by atoms with van der Waals surface area (Å²) in [5.41, 5.74) is 5.61. The SMILES string of the molecule is CC(C(=O)Nc1ccc2ncsc2c1)=C1CNC1. The Bertz CT molecular complexity index is 638. The van der Waals surface area contributed by atoms with Crippen LogP contribution in [-0.2, 0) is 4.79 Å². The van der Waals surface area contributed by atoms with Crippen molar-refractivity contribution < 1.29 is 4.79 Å². The van der Waals surface area contributed by atoms with E-state index in [-0.39, 0.29) is 5.91 Å². The first-order valence-corrected chi connectivity index (χ1v) is 6.66. The molecule has 1 amide bonds. The Kier molecular flexibility index (Phi) is 2.85. The Morgan fingerprint density at radius 1 is 1.44 bits per heavy atom. The normalized spacial score (nSPS) is 14.4. The van der Waals surface area contributed by atoms with Crippen molar-refractivity contribution in [3.05, 3.63) is 34.9 Å². The maximum atomic E-state index is 12.0. The molecule has 1 aromatic carbocycles. The lowest BCUT2D eigenvalue weighted by Crippen LogP contribution is -2.36. The van der Waals surface area contributed by atoms with Gasteiger partial charge in [0.1, 0.15) is 0 Å². The molecule has 5 heteroatoms. The van der Waals surface area contributed by atoms with E-state index in [9.17, 15) is 4.79 Å². The van der Waals surface area contributed by atoms with Crippen molar-refractivity contribution in [1.82, 2.24) is 10.3 Å². The second-order valence-electron chi connectivity index (χ2n) is 4.32. The van der Waals surface area contributed by atoms with Crippen molar-refractivity contribution in [1.29, 1.82) is 0 Å². The van der Waals surface area contributed by atoms with Crippen molar-refractivity contribution in [2.24, 2.45) is 0 Å². The molecule has 2 aromatic rings. The molecule has 2 N–H and O–H groups in total. The van der Waals surface area contributed by atoms with Crippen LogP contribution in [0.3, 0.4) is 0 Å². The lowest BCUT2D eigenvalue weighted by atomic mass is 10.0. The fourth-order valence-electron chi connectivity index (χ4n) is 1.83. The molecule has 1 aliphatic rings. The highest BCUT2D eigenvalue weighted by atomic mass is 32.1. The van der Waals surface area contributed by atoms with E-state index in [1.807, 2.05) is 30.6 Å². The lowest BCUT2D eigenvalue weighted by Gasteiger charge is -2.21. The standard InChI is InChI=1S/C13H13N3OS/c1-8(9-5-14-6-9)13(17)16-10-2-3-11-12(4-10)18-7-15-11/h2-4,7,14H,5-6H2,1H3,(H,16,17). The molecular weight excluding hydrogens is 246 g/mol. The van der Waals surface area contributed by atoms with Gasteiger partial charge in [0.15, 0.2) is 0 Å². The summed E-state index contributed by atoms with van der Waals surface area (Å²) >= 11 is 1.57. The van der Waals surface area contributed by atoms with Crippen molar-refractivity contribution in [2.45, 2.75) is 6.92 Å². The van der Waals surface area contributed by atoms with Gasteiger partial charge in [-0.15, -0.1) is 11.3 Å². The Morgan fingerprint density at radius 2 is 2.28 bits per heavy atom. The molecule has 1 fully saturated rings. The fourth-order valence-corrected chi connectivity index (χ4v) is 2.55. The number of aromatic nitrogens is 1. The van der Waals surface area contributed by atoms with Gasteiger partial charge < -0.3 is 10.6 Å². The predicted octanol–water partition coefficient (Wildman–Crippen LogP) is 2.15. The van der Waals surface area contributed by atoms with E-state index >= 15 is 0 Å². The van der Waals surface area contributed by atoms with Crippen LogP contribution in [0.15, 0.2) is 34.9 Å². The van der Waals surface area contributed by atoms with Gasteiger partial charge in [-0.25, -0.2) is 4.98 Å². The van der Waals surface area contributed by atoms with Gasteiger partial charge in [0.25, 0.3) is 5.91 Å². The number of benzene rings is 1. The molecule has 0 saturated carbocycles. The molecule has 0 bridgehead atoms.